The standard InChI is InChI=1S/C35H34OSi2/c1-37(2,3)25-23-27-15-19-29(20-16-27)35(30-21-17-28(18-22-30)24-26-38(4,5)6)31-11-7-9-13-33(31)36-34-14-10-8-12-32(34)35/h7-22H,1-6H3. The van der Waals surface area contributed by atoms with Gasteiger partial charge in [0.05, 0.1) is 5.41 Å². The van der Waals surface area contributed by atoms with E-state index in [1.165, 1.54) is 11.1 Å². The third-order valence-corrected chi connectivity index (χ3v) is 8.35. The maximum atomic E-state index is 6.44. The molecule has 0 aliphatic carbocycles. The molecule has 3 heteroatoms. The highest BCUT2D eigenvalue weighted by Gasteiger charge is 2.45. The molecule has 0 spiro atoms. The first kappa shape index (κ1) is 25.9. The fourth-order valence-electron chi connectivity index (χ4n) is 4.91. The Morgan fingerprint density at radius 1 is 0.500 bits per heavy atom. The topological polar surface area (TPSA) is 9.23 Å². The normalized spacial score (nSPS) is 13.5. The average Bonchev–Trinajstić information content (AvgIpc) is 2.89. The molecule has 0 unspecified atom stereocenters. The largest absolute Gasteiger partial charge is 0.457 e. The van der Waals surface area contributed by atoms with E-state index in [0.29, 0.717) is 0 Å². The molecule has 4 aromatic rings. The molecular formula is C35H34OSi2. The minimum absolute atomic E-state index is 0.527. The van der Waals surface area contributed by atoms with Gasteiger partial charge in [-0.15, -0.1) is 11.1 Å². The summed E-state index contributed by atoms with van der Waals surface area (Å²) in [7, 11) is -2.92. The van der Waals surface area contributed by atoms with Gasteiger partial charge in [-0.25, -0.2) is 0 Å². The van der Waals surface area contributed by atoms with Crippen molar-refractivity contribution in [3.63, 3.8) is 0 Å². The predicted octanol–water partition coefficient (Wildman–Crippen LogP) is 8.63. The zero-order valence-corrected chi connectivity index (χ0v) is 25.1. The molecule has 0 radical (unpaired) electrons. The smallest absolute Gasteiger partial charge is 0.132 e. The second kappa shape index (κ2) is 9.84. The summed E-state index contributed by atoms with van der Waals surface area (Å²) in [6, 6.07) is 34.5. The van der Waals surface area contributed by atoms with Crippen molar-refractivity contribution in [1.29, 1.82) is 0 Å². The monoisotopic (exact) mass is 526 g/mol. The molecule has 0 fully saturated rings. The van der Waals surface area contributed by atoms with E-state index in [1.54, 1.807) is 0 Å². The van der Waals surface area contributed by atoms with Crippen LogP contribution in [0.5, 0.6) is 11.5 Å². The Morgan fingerprint density at radius 3 is 1.24 bits per heavy atom. The van der Waals surface area contributed by atoms with E-state index in [-0.39, 0.29) is 0 Å². The first-order valence-electron chi connectivity index (χ1n) is 13.2. The molecule has 0 N–H and O–H groups in total. The maximum Gasteiger partial charge on any atom is 0.132 e. The van der Waals surface area contributed by atoms with Gasteiger partial charge in [-0.1, -0.05) is 112 Å². The number of para-hydroxylation sites is 2. The van der Waals surface area contributed by atoms with Crippen molar-refractivity contribution in [2.75, 3.05) is 0 Å². The van der Waals surface area contributed by atoms with Gasteiger partial charge < -0.3 is 4.74 Å². The maximum absolute atomic E-state index is 6.44. The van der Waals surface area contributed by atoms with Crippen molar-refractivity contribution >= 4 is 16.1 Å². The lowest BCUT2D eigenvalue weighted by Crippen LogP contribution is -2.34. The first-order chi connectivity index (χ1) is 18.1. The third kappa shape index (κ3) is 5.14. The fourth-order valence-corrected chi connectivity index (χ4v) is 5.95. The van der Waals surface area contributed by atoms with Crippen molar-refractivity contribution in [2.24, 2.45) is 0 Å². The van der Waals surface area contributed by atoms with Crippen LogP contribution in [0.15, 0.2) is 97.1 Å². The van der Waals surface area contributed by atoms with Gasteiger partial charge in [0.1, 0.15) is 27.6 Å². The van der Waals surface area contributed by atoms with E-state index >= 15 is 0 Å². The summed E-state index contributed by atoms with van der Waals surface area (Å²) >= 11 is 0. The summed E-state index contributed by atoms with van der Waals surface area (Å²) in [5, 5.41) is 0. The zero-order valence-electron chi connectivity index (χ0n) is 23.1. The van der Waals surface area contributed by atoms with E-state index < -0.39 is 21.6 Å². The van der Waals surface area contributed by atoms with E-state index in [1.807, 2.05) is 12.1 Å². The summed E-state index contributed by atoms with van der Waals surface area (Å²) in [6.45, 7) is 13.6. The van der Waals surface area contributed by atoms with Gasteiger partial charge in [0.2, 0.25) is 0 Å². The Kier molecular flexibility index (Phi) is 6.70. The quantitative estimate of drug-likeness (QED) is 0.165. The molecule has 38 heavy (non-hydrogen) atoms. The first-order valence-corrected chi connectivity index (χ1v) is 20.2. The van der Waals surface area contributed by atoms with E-state index in [4.69, 9.17) is 4.74 Å². The van der Waals surface area contributed by atoms with Crippen LogP contribution in [0, 0.1) is 22.9 Å². The Balaban J connectivity index is 1.75. The summed E-state index contributed by atoms with van der Waals surface area (Å²) in [5.74, 6) is 8.60. The van der Waals surface area contributed by atoms with Crippen LogP contribution in [0.25, 0.3) is 0 Å². The lowest BCUT2D eigenvalue weighted by Gasteiger charge is -2.41. The Hall–Kier alpha value is -3.77. The van der Waals surface area contributed by atoms with Crippen LogP contribution in [-0.2, 0) is 5.41 Å². The lowest BCUT2D eigenvalue weighted by molar-refractivity contribution is 0.434. The number of hydrogen-bond donors (Lipinski definition) is 0. The van der Waals surface area contributed by atoms with E-state index in [0.717, 1.165) is 33.8 Å². The molecule has 0 saturated carbocycles. The number of hydrogen-bond acceptors (Lipinski definition) is 1. The molecule has 0 aromatic heterocycles. The van der Waals surface area contributed by atoms with E-state index in [9.17, 15) is 0 Å². The fraction of sp³-hybridized carbons (Fsp3) is 0.200. The Labute approximate surface area is 229 Å². The van der Waals surface area contributed by atoms with Crippen LogP contribution in [0.2, 0.25) is 39.3 Å². The van der Waals surface area contributed by atoms with Crippen LogP contribution < -0.4 is 4.74 Å². The van der Waals surface area contributed by atoms with Crippen molar-refractivity contribution in [3.05, 3.63) is 130 Å². The van der Waals surface area contributed by atoms with Gasteiger partial charge >= 0.3 is 0 Å². The van der Waals surface area contributed by atoms with Gasteiger partial charge in [-0.3, -0.25) is 0 Å². The summed E-state index contributed by atoms with van der Waals surface area (Å²) < 4.78 is 6.44. The molecule has 1 aliphatic heterocycles. The van der Waals surface area contributed by atoms with Crippen LogP contribution in [-0.4, -0.2) is 16.1 Å². The van der Waals surface area contributed by atoms with Crippen molar-refractivity contribution < 1.29 is 4.74 Å². The molecule has 1 nitrogen and oxygen atoms in total. The van der Waals surface area contributed by atoms with Crippen LogP contribution >= 0.6 is 0 Å². The van der Waals surface area contributed by atoms with Crippen molar-refractivity contribution in [2.45, 2.75) is 44.7 Å². The molecule has 0 saturated heterocycles. The van der Waals surface area contributed by atoms with Gasteiger partial charge in [0, 0.05) is 22.3 Å². The number of fused-ring (bicyclic) bond motifs is 2. The second-order valence-electron chi connectivity index (χ2n) is 12.0. The highest BCUT2D eigenvalue weighted by molar-refractivity contribution is 6.84. The molecule has 1 aliphatic rings. The molecule has 1 heterocycles. The SMILES string of the molecule is C[Si](C)(C)C#Cc1ccc(C2(c3ccc(C#C[Si](C)(C)C)cc3)c3ccccc3Oc3ccccc32)cc1. The van der Waals surface area contributed by atoms with E-state index in [2.05, 4.69) is 147 Å². The van der Waals surface area contributed by atoms with Gasteiger partial charge in [0.25, 0.3) is 0 Å². The lowest BCUT2D eigenvalue weighted by atomic mass is 9.63. The Bertz CT molecular complexity index is 1470. The molecule has 0 amide bonds. The van der Waals surface area contributed by atoms with Gasteiger partial charge in [-0.2, -0.15) is 0 Å². The zero-order chi connectivity index (χ0) is 27.0. The number of rotatable bonds is 2. The summed E-state index contributed by atoms with van der Waals surface area (Å²) in [5.41, 5.74) is 13.2. The van der Waals surface area contributed by atoms with Crippen LogP contribution in [0.3, 0.4) is 0 Å². The number of ether oxygens (including phenoxy) is 1. The summed E-state index contributed by atoms with van der Waals surface area (Å²) in [4.78, 5) is 0. The Morgan fingerprint density at radius 2 is 0.868 bits per heavy atom. The molecule has 0 atom stereocenters. The van der Waals surface area contributed by atoms with Crippen molar-refractivity contribution in [1.82, 2.24) is 0 Å². The van der Waals surface area contributed by atoms with Crippen molar-refractivity contribution in [3.8, 4) is 34.4 Å². The van der Waals surface area contributed by atoms with Gasteiger partial charge in [0.15, 0.2) is 0 Å². The molecule has 188 valence electrons. The summed E-state index contributed by atoms with van der Waals surface area (Å²) in [6.07, 6.45) is 0. The molecular weight excluding hydrogens is 493 g/mol. The highest BCUT2D eigenvalue weighted by atomic mass is 28.3. The van der Waals surface area contributed by atoms with Crippen LogP contribution in [0.4, 0.5) is 0 Å². The molecule has 4 aromatic carbocycles. The minimum Gasteiger partial charge on any atom is -0.457 e. The molecule has 5 rings (SSSR count). The average molecular weight is 527 g/mol. The predicted molar refractivity (Wildman–Crippen MR) is 165 cm³/mol. The minimum atomic E-state index is -1.46. The second-order valence-corrected chi connectivity index (χ2v) is 21.5. The number of benzene rings is 4. The van der Waals surface area contributed by atoms with Gasteiger partial charge in [-0.05, 0) is 47.5 Å². The highest BCUT2D eigenvalue weighted by Crippen LogP contribution is 2.55. The molecule has 0 bridgehead atoms. The van der Waals surface area contributed by atoms with Crippen LogP contribution in [0.1, 0.15) is 33.4 Å². The third-order valence-electron chi connectivity index (χ3n) is 6.60.